The second-order valence-corrected chi connectivity index (χ2v) is 21.4. The van der Waals surface area contributed by atoms with Gasteiger partial charge in [-0.15, -0.1) is 0 Å². The Kier molecular flexibility index (Phi) is 10.1. The Labute approximate surface area is 457 Å². The zero-order valence-electron chi connectivity index (χ0n) is 43.8. The Morgan fingerprint density at radius 1 is 0.190 bits per heavy atom. The van der Waals surface area contributed by atoms with E-state index in [1.165, 1.54) is 154 Å². The zero-order chi connectivity index (χ0) is 52.3. The SMILES string of the molecule is Cc1ccc(-n2c3ccccc3c3cc(-c4ccc5c(c4)c4cc(-c6ccc7c(c6)c6ccccc6n7-c6ccc(C)cc6)ccc4n5-c4ccc(-c5c6ccccc6c(-c6ccccc6)c6ccccc56)cc4)ccc32)cc1. The van der Waals surface area contributed by atoms with Crippen LogP contribution in [0.5, 0.6) is 0 Å². The molecule has 0 saturated heterocycles. The molecule has 0 unspecified atom stereocenters. The van der Waals surface area contributed by atoms with E-state index in [1.807, 2.05) is 0 Å². The third kappa shape index (κ3) is 7.06. The molecule has 3 aromatic heterocycles. The predicted molar refractivity (Wildman–Crippen MR) is 336 cm³/mol. The van der Waals surface area contributed by atoms with Crippen molar-refractivity contribution in [2.45, 2.75) is 13.8 Å². The first-order valence-electron chi connectivity index (χ1n) is 27.4. The normalized spacial score (nSPS) is 11.9. The van der Waals surface area contributed by atoms with E-state index in [2.05, 4.69) is 301 Å². The van der Waals surface area contributed by atoms with Gasteiger partial charge < -0.3 is 13.7 Å². The number of aromatic nitrogens is 3. The highest BCUT2D eigenvalue weighted by Crippen LogP contribution is 2.45. The van der Waals surface area contributed by atoms with E-state index in [9.17, 15) is 0 Å². The predicted octanol–water partition coefficient (Wildman–Crippen LogP) is 20.6. The zero-order valence-corrected chi connectivity index (χ0v) is 43.8. The molecule has 0 spiro atoms. The highest BCUT2D eigenvalue weighted by molar-refractivity contribution is 6.22. The van der Waals surface area contributed by atoms with Crippen molar-refractivity contribution >= 4 is 87.0 Å². The minimum atomic E-state index is 1.12. The van der Waals surface area contributed by atoms with Gasteiger partial charge in [0.15, 0.2) is 0 Å². The maximum absolute atomic E-state index is 2.47. The van der Waals surface area contributed by atoms with Crippen molar-refractivity contribution < 1.29 is 0 Å². The molecule has 0 bridgehead atoms. The van der Waals surface area contributed by atoms with E-state index in [4.69, 9.17) is 0 Å². The van der Waals surface area contributed by atoms with E-state index in [1.54, 1.807) is 0 Å². The van der Waals surface area contributed by atoms with Gasteiger partial charge in [-0.2, -0.15) is 0 Å². The Hall–Kier alpha value is -10.2. The molecule has 0 aliphatic heterocycles. The van der Waals surface area contributed by atoms with Crippen LogP contribution >= 0.6 is 0 Å². The average Bonchev–Trinajstić information content (AvgIpc) is 4.21. The van der Waals surface area contributed by atoms with E-state index in [0.717, 1.165) is 5.69 Å². The van der Waals surface area contributed by atoms with Gasteiger partial charge in [0.1, 0.15) is 0 Å². The summed E-state index contributed by atoms with van der Waals surface area (Å²) in [5.41, 5.74) is 22.8. The van der Waals surface area contributed by atoms with E-state index >= 15 is 0 Å². The molecule has 0 atom stereocenters. The summed E-state index contributed by atoms with van der Waals surface area (Å²) in [7, 11) is 0. The molecule has 13 aromatic carbocycles. The first-order valence-corrected chi connectivity index (χ1v) is 27.4. The number of aryl methyl sites for hydroxylation is 2. The lowest BCUT2D eigenvalue weighted by Crippen LogP contribution is -1.95. The lowest BCUT2D eigenvalue weighted by Gasteiger charge is -2.18. The molecular formula is C76H51N3. The van der Waals surface area contributed by atoms with E-state index < -0.39 is 0 Å². The number of para-hydroxylation sites is 2. The maximum Gasteiger partial charge on any atom is 0.0541 e. The van der Waals surface area contributed by atoms with E-state index in [0.29, 0.717) is 0 Å². The quantitative estimate of drug-likeness (QED) is 0.141. The van der Waals surface area contributed by atoms with Gasteiger partial charge in [0.05, 0.1) is 33.1 Å². The monoisotopic (exact) mass is 1010 g/mol. The van der Waals surface area contributed by atoms with Crippen LogP contribution < -0.4 is 0 Å². The fraction of sp³-hybridized carbons (Fsp3) is 0.0263. The van der Waals surface area contributed by atoms with Gasteiger partial charge in [0, 0.05) is 49.4 Å². The molecule has 370 valence electrons. The average molecular weight is 1010 g/mol. The lowest BCUT2D eigenvalue weighted by atomic mass is 9.86. The van der Waals surface area contributed by atoms with Gasteiger partial charge >= 0.3 is 0 Å². The molecule has 79 heavy (non-hydrogen) atoms. The molecule has 0 fully saturated rings. The summed E-state index contributed by atoms with van der Waals surface area (Å²) in [6.07, 6.45) is 0. The number of nitrogens with zero attached hydrogens (tertiary/aromatic N) is 3. The van der Waals surface area contributed by atoms with Crippen LogP contribution in [0, 0.1) is 13.8 Å². The first kappa shape index (κ1) is 45.0. The summed E-state index contributed by atoms with van der Waals surface area (Å²) < 4.78 is 7.27. The summed E-state index contributed by atoms with van der Waals surface area (Å²) in [6.45, 7) is 4.30. The second-order valence-electron chi connectivity index (χ2n) is 21.4. The van der Waals surface area contributed by atoms with Crippen molar-refractivity contribution in [2.24, 2.45) is 0 Å². The van der Waals surface area contributed by atoms with Gasteiger partial charge in [-0.1, -0.05) is 187 Å². The van der Waals surface area contributed by atoms with E-state index in [-0.39, 0.29) is 0 Å². The maximum atomic E-state index is 2.47. The molecule has 0 radical (unpaired) electrons. The van der Waals surface area contributed by atoms with Crippen LogP contribution in [0.25, 0.3) is 149 Å². The fourth-order valence-electron chi connectivity index (χ4n) is 13.0. The molecule has 3 heterocycles. The molecule has 0 amide bonds. The van der Waals surface area contributed by atoms with Crippen molar-refractivity contribution in [3.05, 3.63) is 284 Å². The summed E-state index contributed by atoms with van der Waals surface area (Å²) in [4.78, 5) is 0. The number of hydrogen-bond donors (Lipinski definition) is 0. The largest absolute Gasteiger partial charge is 0.309 e. The summed E-state index contributed by atoms with van der Waals surface area (Å²) >= 11 is 0. The van der Waals surface area contributed by atoms with Crippen LogP contribution in [0.1, 0.15) is 11.1 Å². The first-order chi connectivity index (χ1) is 39.0. The Morgan fingerprint density at radius 2 is 0.443 bits per heavy atom. The molecular weight excluding hydrogens is 955 g/mol. The Morgan fingerprint density at radius 3 is 0.797 bits per heavy atom. The third-order valence-electron chi connectivity index (χ3n) is 16.8. The van der Waals surface area contributed by atoms with Crippen molar-refractivity contribution in [3.8, 4) is 61.6 Å². The van der Waals surface area contributed by atoms with Gasteiger partial charge in [-0.25, -0.2) is 0 Å². The summed E-state index contributed by atoms with van der Waals surface area (Å²) in [6, 6.07) is 102. The smallest absolute Gasteiger partial charge is 0.0541 e. The molecule has 0 aliphatic rings. The fourth-order valence-corrected chi connectivity index (χ4v) is 13.0. The van der Waals surface area contributed by atoms with Crippen LogP contribution in [0.3, 0.4) is 0 Å². The van der Waals surface area contributed by atoms with Crippen molar-refractivity contribution in [1.82, 2.24) is 13.7 Å². The molecule has 0 saturated carbocycles. The number of hydrogen-bond acceptors (Lipinski definition) is 0. The molecule has 3 heteroatoms. The highest BCUT2D eigenvalue weighted by atomic mass is 15.0. The second kappa shape index (κ2) is 17.7. The Balaban J connectivity index is 0.878. The number of benzene rings is 13. The minimum absolute atomic E-state index is 1.12. The molecule has 16 rings (SSSR count). The van der Waals surface area contributed by atoms with Gasteiger partial charge in [-0.05, 0) is 177 Å². The molecule has 16 aromatic rings. The van der Waals surface area contributed by atoms with Gasteiger partial charge in [-0.3, -0.25) is 0 Å². The van der Waals surface area contributed by atoms with Gasteiger partial charge in [0.2, 0.25) is 0 Å². The Bertz CT molecular complexity index is 4830. The van der Waals surface area contributed by atoms with Crippen LogP contribution in [0.15, 0.2) is 273 Å². The topological polar surface area (TPSA) is 14.8 Å². The number of rotatable bonds is 7. The number of fused-ring (bicyclic) bond motifs is 11. The van der Waals surface area contributed by atoms with Crippen molar-refractivity contribution in [2.75, 3.05) is 0 Å². The van der Waals surface area contributed by atoms with Crippen molar-refractivity contribution in [1.29, 1.82) is 0 Å². The summed E-state index contributed by atoms with van der Waals surface area (Å²) in [5.74, 6) is 0. The molecule has 3 nitrogen and oxygen atoms in total. The standard InChI is InChI=1S/C76H51N3/c1-48-24-34-56(35-25-48)77-69-22-12-10-16-59(69)65-44-52(30-40-71(65)77)54-32-42-73-67(46-54)68-47-55(53-31-41-72-66(45-53)60-17-11-13-23-70(60)78(72)57-36-26-49(2)27-37-57)33-43-74(68)79(73)58-38-28-51(29-39-58)76-63-20-8-6-18-61(63)75(50-14-4-3-5-15-50)62-19-7-9-21-64(62)76/h3-47H,1-2H3. The van der Waals surface area contributed by atoms with Crippen LogP contribution in [0.2, 0.25) is 0 Å². The minimum Gasteiger partial charge on any atom is -0.309 e. The molecule has 0 N–H and O–H groups in total. The third-order valence-corrected chi connectivity index (χ3v) is 16.8. The molecule has 0 aliphatic carbocycles. The van der Waals surface area contributed by atoms with Crippen LogP contribution in [0.4, 0.5) is 0 Å². The lowest BCUT2D eigenvalue weighted by molar-refractivity contribution is 1.17. The summed E-state index contributed by atoms with van der Waals surface area (Å²) in [5, 5.41) is 12.4. The van der Waals surface area contributed by atoms with Gasteiger partial charge in [0.25, 0.3) is 0 Å². The van der Waals surface area contributed by atoms with Crippen LogP contribution in [-0.4, -0.2) is 13.7 Å². The van der Waals surface area contributed by atoms with Crippen molar-refractivity contribution in [3.63, 3.8) is 0 Å². The van der Waals surface area contributed by atoms with Crippen LogP contribution in [-0.2, 0) is 0 Å². The highest BCUT2D eigenvalue weighted by Gasteiger charge is 2.21.